The first-order valence-corrected chi connectivity index (χ1v) is 11.2. The zero-order valence-corrected chi connectivity index (χ0v) is 17.4. The number of hydrogen-bond acceptors (Lipinski definition) is 6. The number of anilines is 1. The summed E-state index contributed by atoms with van der Waals surface area (Å²) < 4.78 is 5.52. The lowest BCUT2D eigenvalue weighted by molar-refractivity contribution is -0.133. The Morgan fingerprint density at radius 2 is 1.75 bits per heavy atom. The molecule has 1 aliphatic carbocycles. The Bertz CT molecular complexity index is 706. The molecule has 5 rings (SSSR count). The monoisotopic (exact) mass is 387 g/mol. The Balaban J connectivity index is 1.22. The number of carbonyl (C=O) groups is 1. The molecule has 1 aromatic rings. The van der Waals surface area contributed by atoms with E-state index in [4.69, 9.17) is 4.52 Å². The molecule has 4 heterocycles. The molecule has 0 radical (unpaired) electrons. The Morgan fingerprint density at radius 3 is 2.29 bits per heavy atom. The molecular weight excluding hydrogens is 354 g/mol. The minimum absolute atomic E-state index is 0.303. The van der Waals surface area contributed by atoms with Crippen molar-refractivity contribution in [3.05, 3.63) is 5.82 Å². The van der Waals surface area contributed by atoms with Gasteiger partial charge in [-0.15, -0.1) is 0 Å². The van der Waals surface area contributed by atoms with Gasteiger partial charge >= 0.3 is 6.01 Å². The maximum atomic E-state index is 12.7. The number of rotatable bonds is 5. The lowest BCUT2D eigenvalue weighted by atomic mass is 9.81. The van der Waals surface area contributed by atoms with E-state index < -0.39 is 0 Å². The summed E-state index contributed by atoms with van der Waals surface area (Å²) in [6.45, 7) is 9.98. The maximum Gasteiger partial charge on any atom is 0.324 e. The highest BCUT2D eigenvalue weighted by Crippen LogP contribution is 2.54. The lowest BCUT2D eigenvalue weighted by Crippen LogP contribution is -2.57. The summed E-state index contributed by atoms with van der Waals surface area (Å²) in [5.74, 6) is 2.63. The van der Waals surface area contributed by atoms with E-state index in [9.17, 15) is 4.79 Å². The van der Waals surface area contributed by atoms with Gasteiger partial charge in [-0.3, -0.25) is 9.69 Å². The number of amides is 1. The van der Waals surface area contributed by atoms with Gasteiger partial charge in [0.15, 0.2) is 5.82 Å². The predicted octanol–water partition coefficient (Wildman–Crippen LogP) is 2.31. The van der Waals surface area contributed by atoms with Gasteiger partial charge in [0.1, 0.15) is 0 Å². The topological polar surface area (TPSA) is 65.7 Å². The third-order valence-electron chi connectivity index (χ3n) is 7.79. The van der Waals surface area contributed by atoms with Crippen molar-refractivity contribution in [1.29, 1.82) is 0 Å². The van der Waals surface area contributed by atoms with Crippen molar-refractivity contribution < 1.29 is 9.32 Å². The minimum Gasteiger partial charge on any atom is -0.343 e. The number of fused-ring (bicyclic) bond motifs is 3. The molecule has 0 N–H and O–H groups in total. The van der Waals surface area contributed by atoms with Gasteiger partial charge in [0.2, 0.25) is 5.91 Å². The summed E-state index contributed by atoms with van der Waals surface area (Å²) in [6.07, 6.45) is 6.12. The second-order valence-corrected chi connectivity index (χ2v) is 9.21. The van der Waals surface area contributed by atoms with Crippen molar-refractivity contribution in [2.45, 2.75) is 71.0 Å². The van der Waals surface area contributed by atoms with Crippen LogP contribution in [0.4, 0.5) is 6.01 Å². The molecule has 1 saturated carbocycles. The van der Waals surface area contributed by atoms with Gasteiger partial charge in [0.25, 0.3) is 0 Å². The van der Waals surface area contributed by atoms with E-state index in [1.54, 1.807) is 0 Å². The Hall–Kier alpha value is -1.63. The van der Waals surface area contributed by atoms with Crippen LogP contribution in [0.3, 0.4) is 0 Å². The van der Waals surface area contributed by atoms with Crippen LogP contribution in [0.1, 0.15) is 51.8 Å². The lowest BCUT2D eigenvalue weighted by Gasteiger charge is -2.50. The van der Waals surface area contributed by atoms with Gasteiger partial charge in [0.05, 0.1) is 0 Å². The van der Waals surface area contributed by atoms with Crippen LogP contribution in [-0.4, -0.2) is 70.2 Å². The quantitative estimate of drug-likeness (QED) is 0.772. The van der Waals surface area contributed by atoms with Crippen molar-refractivity contribution in [1.82, 2.24) is 19.9 Å². The summed E-state index contributed by atoms with van der Waals surface area (Å²) in [6, 6.07) is 2.40. The molecule has 3 saturated heterocycles. The first kappa shape index (κ1) is 18.4. The SMILES string of the molecule is CCN(CC)C(=O)C1C2CN(C3CC4CCCC(C3)N4c3nc(C)no3)CC21. The Labute approximate surface area is 167 Å². The first-order valence-electron chi connectivity index (χ1n) is 11.2. The highest BCUT2D eigenvalue weighted by atomic mass is 16.5. The highest BCUT2D eigenvalue weighted by Gasteiger charge is 2.61. The van der Waals surface area contributed by atoms with E-state index in [0.717, 1.165) is 38.0 Å². The normalized spacial score (nSPS) is 37.0. The first-order chi connectivity index (χ1) is 13.6. The van der Waals surface area contributed by atoms with E-state index in [-0.39, 0.29) is 0 Å². The van der Waals surface area contributed by atoms with Crippen molar-refractivity contribution >= 4 is 11.9 Å². The van der Waals surface area contributed by atoms with Gasteiger partial charge in [-0.2, -0.15) is 4.98 Å². The minimum atomic E-state index is 0.303. The fraction of sp³-hybridized carbons (Fsp3) is 0.857. The molecule has 0 aromatic carbocycles. The van der Waals surface area contributed by atoms with Crippen molar-refractivity contribution in [3.8, 4) is 0 Å². The number of aryl methyl sites for hydroxylation is 1. The van der Waals surface area contributed by atoms with Gasteiger partial charge in [-0.25, -0.2) is 0 Å². The summed E-state index contributed by atoms with van der Waals surface area (Å²) in [5, 5.41) is 4.01. The van der Waals surface area contributed by atoms with Crippen LogP contribution in [0.2, 0.25) is 0 Å². The van der Waals surface area contributed by atoms with E-state index in [0.29, 0.717) is 41.8 Å². The Kier molecular flexibility index (Phi) is 4.61. The number of aromatic nitrogens is 2. The Morgan fingerprint density at radius 1 is 1.11 bits per heavy atom. The molecule has 1 amide bonds. The molecule has 154 valence electrons. The zero-order chi connectivity index (χ0) is 19.4. The van der Waals surface area contributed by atoms with E-state index in [2.05, 4.69) is 33.8 Å². The molecule has 4 fully saturated rings. The average Bonchev–Trinajstić information content (AvgIpc) is 3.00. The molecule has 7 heteroatoms. The molecule has 1 aromatic heterocycles. The standard InChI is InChI=1S/C21H33N5O2/c1-4-24(5-2)20(27)19-17-11-25(12-18(17)19)16-9-14-7-6-8-15(10-16)26(14)21-22-13(3)23-28-21/h14-19H,4-12H2,1-3H3. The summed E-state index contributed by atoms with van der Waals surface area (Å²) in [5.41, 5.74) is 0. The molecule has 2 bridgehead atoms. The largest absolute Gasteiger partial charge is 0.343 e. The van der Waals surface area contributed by atoms with E-state index in [1.807, 2.05) is 11.8 Å². The third kappa shape index (κ3) is 2.93. The fourth-order valence-electron chi connectivity index (χ4n) is 6.32. The fourth-order valence-corrected chi connectivity index (χ4v) is 6.32. The molecule has 28 heavy (non-hydrogen) atoms. The van der Waals surface area contributed by atoms with Crippen LogP contribution >= 0.6 is 0 Å². The summed E-state index contributed by atoms with van der Waals surface area (Å²) >= 11 is 0. The van der Waals surface area contributed by atoms with Crippen molar-refractivity contribution in [2.75, 3.05) is 31.1 Å². The maximum absolute atomic E-state index is 12.7. The molecule has 4 unspecified atom stereocenters. The van der Waals surface area contributed by atoms with Crippen LogP contribution < -0.4 is 4.90 Å². The third-order valence-corrected chi connectivity index (χ3v) is 7.79. The number of nitrogens with zero attached hydrogens (tertiary/aromatic N) is 5. The second-order valence-electron chi connectivity index (χ2n) is 9.21. The van der Waals surface area contributed by atoms with Crippen LogP contribution in [0.15, 0.2) is 4.52 Å². The predicted molar refractivity (Wildman–Crippen MR) is 106 cm³/mol. The molecule has 4 aliphatic rings. The summed E-state index contributed by atoms with van der Waals surface area (Å²) in [4.78, 5) is 24.3. The molecule has 7 nitrogen and oxygen atoms in total. The van der Waals surface area contributed by atoms with Crippen LogP contribution in [0, 0.1) is 24.7 Å². The number of hydrogen-bond donors (Lipinski definition) is 0. The summed E-state index contributed by atoms with van der Waals surface area (Å²) in [7, 11) is 0. The van der Waals surface area contributed by atoms with Gasteiger partial charge in [-0.05, 0) is 64.7 Å². The van der Waals surface area contributed by atoms with Gasteiger partial charge in [-0.1, -0.05) is 5.16 Å². The van der Waals surface area contributed by atoms with Crippen LogP contribution in [-0.2, 0) is 4.79 Å². The second kappa shape index (κ2) is 7.01. The van der Waals surface area contributed by atoms with Gasteiger partial charge < -0.3 is 14.3 Å². The van der Waals surface area contributed by atoms with Crippen molar-refractivity contribution in [2.24, 2.45) is 17.8 Å². The zero-order valence-electron chi connectivity index (χ0n) is 17.4. The number of carbonyl (C=O) groups excluding carboxylic acids is 1. The molecular formula is C21H33N5O2. The van der Waals surface area contributed by atoms with Crippen LogP contribution in [0.5, 0.6) is 0 Å². The van der Waals surface area contributed by atoms with E-state index >= 15 is 0 Å². The van der Waals surface area contributed by atoms with Crippen molar-refractivity contribution in [3.63, 3.8) is 0 Å². The number of piperidine rings is 3. The number of likely N-dealkylation sites (tertiary alicyclic amines) is 1. The van der Waals surface area contributed by atoms with Gasteiger partial charge in [0, 0.05) is 50.2 Å². The van der Waals surface area contributed by atoms with E-state index in [1.165, 1.54) is 32.1 Å². The molecule has 4 atom stereocenters. The van der Waals surface area contributed by atoms with Crippen LogP contribution in [0.25, 0.3) is 0 Å². The highest BCUT2D eigenvalue weighted by molar-refractivity contribution is 5.82. The average molecular weight is 388 g/mol. The molecule has 3 aliphatic heterocycles. The molecule has 0 spiro atoms. The smallest absolute Gasteiger partial charge is 0.324 e.